The first-order valence-corrected chi connectivity index (χ1v) is 8.56. The summed E-state index contributed by atoms with van der Waals surface area (Å²) >= 11 is 3.54. The van der Waals surface area contributed by atoms with Crippen LogP contribution in [-0.4, -0.2) is 16.3 Å². The highest BCUT2D eigenvalue weighted by molar-refractivity contribution is 9.10. The topological polar surface area (TPSA) is 29.9 Å². The highest BCUT2D eigenvalue weighted by atomic mass is 79.9. The summed E-state index contributed by atoms with van der Waals surface area (Å²) in [5.74, 6) is 0. The third kappa shape index (κ3) is 2.92. The minimum Gasteiger partial charge on any atom is -0.310 e. The normalized spacial score (nSPS) is 18.3. The molecule has 1 aliphatic carbocycles. The zero-order valence-electron chi connectivity index (χ0n) is 12.7. The molecular weight excluding hydrogens is 326 g/mol. The van der Waals surface area contributed by atoms with Gasteiger partial charge in [0, 0.05) is 21.8 Å². The van der Waals surface area contributed by atoms with E-state index in [2.05, 4.69) is 64.2 Å². The van der Waals surface area contributed by atoms with Crippen molar-refractivity contribution in [2.24, 2.45) is 0 Å². The van der Waals surface area contributed by atoms with Crippen LogP contribution in [0.4, 0.5) is 0 Å². The molecule has 0 bridgehead atoms. The maximum Gasteiger partial charge on any atom is 0.0678 e. The molecule has 0 fully saturated rings. The molecule has 112 valence electrons. The lowest BCUT2D eigenvalue weighted by Crippen LogP contribution is -2.20. The summed E-state index contributed by atoms with van der Waals surface area (Å²) in [6.07, 6.45) is 6.93. The van der Waals surface area contributed by atoms with Gasteiger partial charge in [-0.2, -0.15) is 5.10 Å². The van der Waals surface area contributed by atoms with Gasteiger partial charge in [-0.3, -0.25) is 0 Å². The number of aryl methyl sites for hydroxylation is 1. The predicted octanol–water partition coefficient (Wildman–Crippen LogP) is 4.32. The first kappa shape index (κ1) is 14.8. The second-order valence-electron chi connectivity index (χ2n) is 5.75. The minimum absolute atomic E-state index is 0.456. The van der Waals surface area contributed by atoms with Gasteiger partial charge < -0.3 is 5.32 Å². The Morgan fingerprint density at radius 1 is 1.38 bits per heavy atom. The third-order valence-electron chi connectivity index (χ3n) is 4.27. The first-order chi connectivity index (χ1) is 10.2. The van der Waals surface area contributed by atoms with Crippen molar-refractivity contribution in [3.05, 3.63) is 45.7 Å². The molecule has 1 unspecified atom stereocenters. The molecule has 0 saturated carbocycles. The Hall–Kier alpha value is -1.13. The van der Waals surface area contributed by atoms with Crippen molar-refractivity contribution in [2.75, 3.05) is 6.54 Å². The molecule has 1 aromatic heterocycles. The van der Waals surface area contributed by atoms with Crippen LogP contribution >= 0.6 is 15.9 Å². The van der Waals surface area contributed by atoms with Gasteiger partial charge in [0.05, 0.1) is 11.9 Å². The fourth-order valence-electron chi connectivity index (χ4n) is 3.25. The minimum atomic E-state index is 0.456. The van der Waals surface area contributed by atoms with Gasteiger partial charge in [-0.1, -0.05) is 29.3 Å². The van der Waals surface area contributed by atoms with E-state index < -0.39 is 0 Å². The van der Waals surface area contributed by atoms with Crippen molar-refractivity contribution >= 4 is 15.9 Å². The number of benzene rings is 1. The van der Waals surface area contributed by atoms with Crippen LogP contribution in [0, 0.1) is 6.92 Å². The Morgan fingerprint density at radius 2 is 2.24 bits per heavy atom. The number of aromatic nitrogens is 2. The van der Waals surface area contributed by atoms with Gasteiger partial charge in [-0.15, -0.1) is 0 Å². The van der Waals surface area contributed by atoms with Crippen molar-refractivity contribution in [3.63, 3.8) is 0 Å². The Balaban J connectivity index is 2.05. The number of hydrogen-bond donors (Lipinski definition) is 1. The largest absolute Gasteiger partial charge is 0.310 e. The number of nitrogens with zero attached hydrogens (tertiary/aromatic N) is 2. The monoisotopic (exact) mass is 347 g/mol. The zero-order chi connectivity index (χ0) is 14.8. The van der Waals surface area contributed by atoms with Gasteiger partial charge >= 0.3 is 0 Å². The van der Waals surface area contributed by atoms with E-state index >= 15 is 0 Å². The third-order valence-corrected chi connectivity index (χ3v) is 4.76. The van der Waals surface area contributed by atoms with E-state index in [-0.39, 0.29) is 0 Å². The molecule has 0 aliphatic heterocycles. The second-order valence-corrected chi connectivity index (χ2v) is 6.66. The Bertz CT molecular complexity index is 633. The fourth-order valence-corrected chi connectivity index (χ4v) is 3.72. The van der Waals surface area contributed by atoms with E-state index in [1.54, 1.807) is 0 Å². The lowest BCUT2D eigenvalue weighted by atomic mass is 10.1. The smallest absolute Gasteiger partial charge is 0.0678 e. The molecule has 0 radical (unpaired) electrons. The Morgan fingerprint density at radius 3 is 3.00 bits per heavy atom. The summed E-state index contributed by atoms with van der Waals surface area (Å²) < 4.78 is 3.26. The fraction of sp³-hybridized carbons (Fsp3) is 0.471. The average Bonchev–Trinajstić information content (AvgIpc) is 2.76. The highest BCUT2D eigenvalue weighted by Gasteiger charge is 2.22. The van der Waals surface area contributed by atoms with Gasteiger partial charge in [0.25, 0.3) is 0 Å². The standard InChI is InChI=1S/C17H22BrN3/c1-3-19-15-6-4-5-7-17-14(15)11-20-21(17)16-9-8-13(18)10-12(16)2/h8-11,15,19H,3-7H2,1-2H3. The molecule has 21 heavy (non-hydrogen) atoms. The van der Waals surface area contributed by atoms with Crippen LogP contribution in [0.2, 0.25) is 0 Å². The van der Waals surface area contributed by atoms with Crippen molar-refractivity contribution in [1.29, 1.82) is 0 Å². The van der Waals surface area contributed by atoms with Gasteiger partial charge in [-0.25, -0.2) is 4.68 Å². The molecule has 3 rings (SSSR count). The number of halogens is 1. The Labute approximate surface area is 134 Å². The van der Waals surface area contributed by atoms with E-state index in [4.69, 9.17) is 5.10 Å². The van der Waals surface area contributed by atoms with Crippen LogP contribution in [-0.2, 0) is 6.42 Å². The van der Waals surface area contributed by atoms with E-state index in [0.717, 1.165) is 17.4 Å². The molecule has 1 N–H and O–H groups in total. The average molecular weight is 348 g/mol. The summed E-state index contributed by atoms with van der Waals surface area (Å²) in [6.45, 7) is 5.33. The van der Waals surface area contributed by atoms with Crippen LogP contribution in [0.15, 0.2) is 28.9 Å². The molecular formula is C17H22BrN3. The van der Waals surface area contributed by atoms with Crippen LogP contribution in [0.5, 0.6) is 0 Å². The summed E-state index contributed by atoms with van der Waals surface area (Å²) in [7, 11) is 0. The van der Waals surface area contributed by atoms with Crippen LogP contribution in [0.1, 0.15) is 49.0 Å². The van der Waals surface area contributed by atoms with E-state index in [0.29, 0.717) is 6.04 Å². The van der Waals surface area contributed by atoms with E-state index in [9.17, 15) is 0 Å². The summed E-state index contributed by atoms with van der Waals surface area (Å²) in [4.78, 5) is 0. The maximum atomic E-state index is 4.69. The molecule has 1 aromatic carbocycles. The number of hydrogen-bond acceptors (Lipinski definition) is 2. The molecule has 1 atom stereocenters. The zero-order valence-corrected chi connectivity index (χ0v) is 14.3. The maximum absolute atomic E-state index is 4.69. The predicted molar refractivity (Wildman–Crippen MR) is 90.0 cm³/mol. The van der Waals surface area contributed by atoms with E-state index in [1.165, 1.54) is 41.8 Å². The van der Waals surface area contributed by atoms with Gasteiger partial charge in [0.1, 0.15) is 0 Å². The number of rotatable bonds is 3. The highest BCUT2D eigenvalue weighted by Crippen LogP contribution is 2.31. The molecule has 4 heteroatoms. The molecule has 0 saturated heterocycles. The lowest BCUT2D eigenvalue weighted by molar-refractivity contribution is 0.503. The number of nitrogens with one attached hydrogen (secondary N) is 1. The van der Waals surface area contributed by atoms with E-state index in [1.807, 2.05) is 0 Å². The molecule has 2 aromatic rings. The van der Waals surface area contributed by atoms with Crippen molar-refractivity contribution < 1.29 is 0 Å². The summed E-state index contributed by atoms with van der Waals surface area (Å²) in [5.41, 5.74) is 5.21. The van der Waals surface area contributed by atoms with Gasteiger partial charge in [-0.05, 0) is 56.5 Å². The van der Waals surface area contributed by atoms with Crippen LogP contribution < -0.4 is 5.32 Å². The van der Waals surface area contributed by atoms with Gasteiger partial charge in [0.2, 0.25) is 0 Å². The quantitative estimate of drug-likeness (QED) is 0.838. The first-order valence-electron chi connectivity index (χ1n) is 7.77. The van der Waals surface area contributed by atoms with Gasteiger partial charge in [0.15, 0.2) is 0 Å². The van der Waals surface area contributed by atoms with Crippen molar-refractivity contribution in [2.45, 2.75) is 45.6 Å². The summed E-state index contributed by atoms with van der Waals surface area (Å²) in [5, 5.41) is 8.30. The number of fused-ring (bicyclic) bond motifs is 1. The molecule has 1 heterocycles. The molecule has 1 aliphatic rings. The van der Waals surface area contributed by atoms with Crippen molar-refractivity contribution in [3.8, 4) is 5.69 Å². The molecule has 0 spiro atoms. The molecule has 0 amide bonds. The SMILES string of the molecule is CCNC1CCCCc2c1cnn2-c1ccc(Br)cc1C. The Kier molecular flexibility index (Phi) is 4.45. The second kappa shape index (κ2) is 6.32. The lowest BCUT2D eigenvalue weighted by Gasteiger charge is -2.16. The van der Waals surface area contributed by atoms with Crippen molar-refractivity contribution in [1.82, 2.24) is 15.1 Å². The summed E-state index contributed by atoms with van der Waals surface area (Å²) in [6, 6.07) is 6.85. The molecule has 3 nitrogen and oxygen atoms in total. The van der Waals surface area contributed by atoms with Crippen LogP contribution in [0.3, 0.4) is 0 Å². The van der Waals surface area contributed by atoms with Crippen LogP contribution in [0.25, 0.3) is 5.69 Å².